The molecule has 1 aromatic heterocycles. The first-order valence-corrected chi connectivity index (χ1v) is 7.39. The normalized spacial score (nSPS) is 12.4. The zero-order valence-corrected chi connectivity index (χ0v) is 15.0. The number of Topliss-reactive ketones (excluding diaryl/α,β-unsaturated/α-hetero) is 1. The molecule has 0 saturated carbocycles. The summed E-state index contributed by atoms with van der Waals surface area (Å²) in [7, 11) is 1.99. The average Bonchev–Trinajstić information content (AvgIpc) is 2.81. The first kappa shape index (κ1) is 17.9. The van der Waals surface area contributed by atoms with E-state index in [1.54, 1.807) is 0 Å². The highest BCUT2D eigenvalue weighted by molar-refractivity contribution is 8.93. The van der Waals surface area contributed by atoms with Gasteiger partial charge in [0.25, 0.3) is 0 Å². The summed E-state index contributed by atoms with van der Waals surface area (Å²) in [6, 6.07) is 8.10. The third-order valence-electron chi connectivity index (χ3n) is 4.04. The SMILES string of the molecule is Br.CCN(CC)CC(C)C(=O)c1cn(C)c2ccccc12. The standard InChI is InChI=1S/C17H24N2O.BrH/c1-5-19(6-2)11-13(3)17(20)15-12-18(4)16-10-8-7-9-14(15)16;/h7-10,12-13H,5-6,11H2,1-4H3;1H. The molecule has 3 nitrogen and oxygen atoms in total. The molecule has 0 radical (unpaired) electrons. The highest BCUT2D eigenvalue weighted by atomic mass is 79.9. The monoisotopic (exact) mass is 352 g/mol. The quantitative estimate of drug-likeness (QED) is 0.736. The third kappa shape index (κ3) is 3.74. The van der Waals surface area contributed by atoms with E-state index >= 15 is 0 Å². The van der Waals surface area contributed by atoms with Crippen molar-refractivity contribution < 1.29 is 4.79 Å². The van der Waals surface area contributed by atoms with Gasteiger partial charge in [-0.1, -0.05) is 39.0 Å². The second-order valence-corrected chi connectivity index (χ2v) is 5.42. The Hall–Kier alpha value is -1.13. The first-order chi connectivity index (χ1) is 9.58. The van der Waals surface area contributed by atoms with Gasteiger partial charge in [-0.05, 0) is 19.2 Å². The summed E-state index contributed by atoms with van der Waals surface area (Å²) in [6.45, 7) is 9.11. The van der Waals surface area contributed by atoms with Crippen LogP contribution >= 0.6 is 17.0 Å². The van der Waals surface area contributed by atoms with Crippen LogP contribution in [0.15, 0.2) is 30.5 Å². The van der Waals surface area contributed by atoms with E-state index in [2.05, 4.69) is 24.8 Å². The summed E-state index contributed by atoms with van der Waals surface area (Å²) in [5.74, 6) is 0.273. The van der Waals surface area contributed by atoms with Crippen LogP contribution in [0.3, 0.4) is 0 Å². The van der Waals surface area contributed by atoms with Gasteiger partial charge in [0.05, 0.1) is 0 Å². The Balaban J connectivity index is 0.00000220. The number of halogens is 1. The molecule has 0 aliphatic rings. The minimum Gasteiger partial charge on any atom is -0.350 e. The minimum absolute atomic E-state index is 0. The van der Waals surface area contributed by atoms with Gasteiger partial charge in [0.15, 0.2) is 5.78 Å². The summed E-state index contributed by atoms with van der Waals surface area (Å²) in [5.41, 5.74) is 1.97. The van der Waals surface area contributed by atoms with E-state index in [9.17, 15) is 4.79 Å². The fourth-order valence-corrected chi connectivity index (χ4v) is 2.76. The molecule has 0 aliphatic heterocycles. The van der Waals surface area contributed by atoms with Crippen molar-refractivity contribution in [3.63, 3.8) is 0 Å². The molecular weight excluding hydrogens is 328 g/mol. The molecule has 2 rings (SSSR count). The van der Waals surface area contributed by atoms with E-state index in [-0.39, 0.29) is 28.7 Å². The highest BCUT2D eigenvalue weighted by Gasteiger charge is 2.21. The molecular formula is C17H25BrN2O. The fourth-order valence-electron chi connectivity index (χ4n) is 2.76. The van der Waals surface area contributed by atoms with E-state index < -0.39 is 0 Å². The zero-order valence-electron chi connectivity index (χ0n) is 13.3. The molecule has 21 heavy (non-hydrogen) atoms. The van der Waals surface area contributed by atoms with Crippen LogP contribution in [0, 0.1) is 5.92 Å². The number of benzene rings is 1. The molecule has 0 bridgehead atoms. The molecule has 0 fully saturated rings. The number of para-hydroxylation sites is 1. The van der Waals surface area contributed by atoms with Crippen LogP contribution in [-0.4, -0.2) is 34.9 Å². The van der Waals surface area contributed by atoms with Crippen LogP contribution in [0.25, 0.3) is 10.9 Å². The van der Waals surface area contributed by atoms with Gasteiger partial charge in [-0.25, -0.2) is 0 Å². The van der Waals surface area contributed by atoms with E-state index in [1.807, 2.05) is 42.9 Å². The Kier molecular flexibility index (Phi) is 6.62. The number of aryl methyl sites for hydroxylation is 1. The van der Waals surface area contributed by atoms with Crippen LogP contribution in [-0.2, 0) is 7.05 Å². The van der Waals surface area contributed by atoms with Gasteiger partial charge in [0.1, 0.15) is 0 Å². The predicted molar refractivity (Wildman–Crippen MR) is 94.5 cm³/mol. The number of hydrogen-bond acceptors (Lipinski definition) is 2. The van der Waals surface area contributed by atoms with Crippen molar-refractivity contribution in [1.29, 1.82) is 0 Å². The number of carbonyl (C=O) groups excluding carboxylic acids is 1. The molecule has 0 saturated heterocycles. The number of fused-ring (bicyclic) bond motifs is 1. The maximum atomic E-state index is 12.7. The maximum Gasteiger partial charge on any atom is 0.169 e. The summed E-state index contributed by atoms with van der Waals surface area (Å²) in [4.78, 5) is 15.0. The average molecular weight is 353 g/mol. The summed E-state index contributed by atoms with van der Waals surface area (Å²) >= 11 is 0. The highest BCUT2D eigenvalue weighted by Crippen LogP contribution is 2.23. The lowest BCUT2D eigenvalue weighted by Crippen LogP contribution is -2.31. The van der Waals surface area contributed by atoms with Crippen molar-refractivity contribution in [3.8, 4) is 0 Å². The molecule has 116 valence electrons. The lowest BCUT2D eigenvalue weighted by Gasteiger charge is -2.21. The van der Waals surface area contributed by atoms with Crippen LogP contribution in [0.1, 0.15) is 31.1 Å². The predicted octanol–water partition coefficient (Wildman–Crippen LogP) is 3.92. The molecule has 0 N–H and O–H groups in total. The smallest absolute Gasteiger partial charge is 0.169 e. The van der Waals surface area contributed by atoms with Crippen LogP contribution in [0.4, 0.5) is 0 Å². The number of nitrogens with zero attached hydrogens (tertiary/aromatic N) is 2. The summed E-state index contributed by atoms with van der Waals surface area (Å²) < 4.78 is 2.03. The zero-order chi connectivity index (χ0) is 14.7. The number of rotatable bonds is 6. The second-order valence-electron chi connectivity index (χ2n) is 5.42. The molecule has 1 atom stereocenters. The van der Waals surface area contributed by atoms with Crippen molar-refractivity contribution in [2.45, 2.75) is 20.8 Å². The first-order valence-electron chi connectivity index (χ1n) is 7.39. The van der Waals surface area contributed by atoms with Crippen molar-refractivity contribution >= 4 is 33.7 Å². The van der Waals surface area contributed by atoms with E-state index in [0.717, 1.165) is 36.1 Å². The van der Waals surface area contributed by atoms with Gasteiger partial charge in [0.2, 0.25) is 0 Å². The maximum absolute atomic E-state index is 12.7. The van der Waals surface area contributed by atoms with Crippen LogP contribution < -0.4 is 0 Å². The molecule has 1 unspecified atom stereocenters. The Morgan fingerprint density at radius 2 is 1.86 bits per heavy atom. The summed E-state index contributed by atoms with van der Waals surface area (Å²) in [6.07, 6.45) is 1.96. The molecule has 0 aliphatic carbocycles. The Morgan fingerprint density at radius 3 is 2.48 bits per heavy atom. The fraction of sp³-hybridized carbons (Fsp3) is 0.471. The van der Waals surface area contributed by atoms with E-state index in [0.29, 0.717) is 0 Å². The van der Waals surface area contributed by atoms with Gasteiger partial charge >= 0.3 is 0 Å². The molecule has 1 heterocycles. The lowest BCUT2D eigenvalue weighted by molar-refractivity contribution is 0.0900. The van der Waals surface area contributed by atoms with Crippen molar-refractivity contribution in [2.75, 3.05) is 19.6 Å². The Morgan fingerprint density at radius 1 is 1.24 bits per heavy atom. The molecule has 0 spiro atoms. The van der Waals surface area contributed by atoms with Gasteiger partial charge in [0, 0.05) is 42.2 Å². The molecule has 1 aromatic carbocycles. The molecule has 2 aromatic rings. The summed E-state index contributed by atoms with van der Waals surface area (Å²) in [5, 5.41) is 1.06. The van der Waals surface area contributed by atoms with Gasteiger partial charge < -0.3 is 9.47 Å². The Labute approximate surface area is 137 Å². The van der Waals surface area contributed by atoms with Crippen LogP contribution in [0.2, 0.25) is 0 Å². The third-order valence-corrected chi connectivity index (χ3v) is 4.04. The van der Waals surface area contributed by atoms with Gasteiger partial charge in [-0.15, -0.1) is 17.0 Å². The second kappa shape index (κ2) is 7.76. The number of hydrogen-bond donors (Lipinski definition) is 0. The van der Waals surface area contributed by atoms with Crippen molar-refractivity contribution in [1.82, 2.24) is 9.47 Å². The largest absolute Gasteiger partial charge is 0.350 e. The van der Waals surface area contributed by atoms with E-state index in [1.165, 1.54) is 0 Å². The van der Waals surface area contributed by atoms with Crippen molar-refractivity contribution in [2.24, 2.45) is 13.0 Å². The number of ketones is 1. The van der Waals surface area contributed by atoms with Crippen LogP contribution in [0.5, 0.6) is 0 Å². The van der Waals surface area contributed by atoms with Gasteiger partial charge in [-0.2, -0.15) is 0 Å². The topological polar surface area (TPSA) is 25.2 Å². The number of aromatic nitrogens is 1. The molecule has 4 heteroatoms. The number of carbonyl (C=O) groups is 1. The Bertz CT molecular complexity index is 602. The lowest BCUT2D eigenvalue weighted by atomic mass is 9.98. The van der Waals surface area contributed by atoms with E-state index in [4.69, 9.17) is 0 Å². The van der Waals surface area contributed by atoms with Crippen molar-refractivity contribution in [3.05, 3.63) is 36.0 Å². The molecule has 0 amide bonds. The minimum atomic E-state index is 0. The van der Waals surface area contributed by atoms with Gasteiger partial charge in [-0.3, -0.25) is 4.79 Å².